The molecule has 1 aromatic carbocycles. The Labute approximate surface area is 100 Å². The molecule has 1 aliphatic heterocycles. The fourth-order valence-corrected chi connectivity index (χ4v) is 1.92. The van der Waals surface area contributed by atoms with Gasteiger partial charge in [-0.25, -0.2) is 0 Å². The van der Waals surface area contributed by atoms with Crippen molar-refractivity contribution in [2.24, 2.45) is 0 Å². The lowest BCUT2D eigenvalue weighted by Crippen LogP contribution is -2.19. The highest BCUT2D eigenvalue weighted by molar-refractivity contribution is 9.10. The lowest BCUT2D eigenvalue weighted by atomic mass is 10.1. The van der Waals surface area contributed by atoms with Crippen LogP contribution in [0.25, 0.3) is 0 Å². The second kappa shape index (κ2) is 4.31. The Morgan fingerprint density at radius 1 is 1.62 bits per heavy atom. The van der Waals surface area contributed by atoms with E-state index in [4.69, 9.17) is 9.47 Å². The van der Waals surface area contributed by atoms with Crippen LogP contribution in [-0.4, -0.2) is 31.3 Å². The zero-order valence-corrected chi connectivity index (χ0v) is 10.1. The number of fused-ring (bicyclic) bond motifs is 1. The predicted octanol–water partition coefficient (Wildman–Crippen LogP) is 1.29. The molecule has 5 nitrogen and oxygen atoms in total. The van der Waals surface area contributed by atoms with Crippen molar-refractivity contribution < 1.29 is 19.4 Å². The van der Waals surface area contributed by atoms with Crippen molar-refractivity contribution in [3.63, 3.8) is 0 Å². The van der Waals surface area contributed by atoms with Crippen molar-refractivity contribution >= 4 is 21.7 Å². The summed E-state index contributed by atoms with van der Waals surface area (Å²) >= 11 is 3.16. The van der Waals surface area contributed by atoms with Gasteiger partial charge in [0, 0.05) is 6.07 Å². The van der Waals surface area contributed by atoms with Gasteiger partial charge in [0.05, 0.1) is 11.0 Å². The number of likely N-dealkylation sites (N-methyl/N-ethyl adjacent to an activating group) is 1. The molecule has 0 unspecified atom stereocenters. The van der Waals surface area contributed by atoms with Crippen molar-refractivity contribution in [2.75, 3.05) is 20.4 Å². The Balaban J connectivity index is 2.54. The molecule has 0 saturated heterocycles. The Kier molecular flexibility index (Phi) is 3.02. The number of phenols is 1. The molecular weight excluding hydrogens is 278 g/mol. The van der Waals surface area contributed by atoms with Gasteiger partial charge in [-0.15, -0.1) is 0 Å². The fourth-order valence-electron chi connectivity index (χ4n) is 1.51. The van der Waals surface area contributed by atoms with E-state index in [1.165, 1.54) is 0 Å². The van der Waals surface area contributed by atoms with E-state index in [1.54, 1.807) is 13.1 Å². The Bertz CT molecular complexity index is 447. The van der Waals surface area contributed by atoms with Gasteiger partial charge in [-0.1, -0.05) is 0 Å². The average Bonchev–Trinajstić information content (AvgIpc) is 2.67. The third-order valence-electron chi connectivity index (χ3n) is 2.21. The van der Waals surface area contributed by atoms with Crippen LogP contribution in [0.2, 0.25) is 0 Å². The minimum atomic E-state index is -0.247. The number of phenolic OH excluding ortho intramolecular Hbond substituents is 1. The average molecular weight is 288 g/mol. The van der Waals surface area contributed by atoms with Gasteiger partial charge in [0.25, 0.3) is 0 Å². The number of hydrogen-bond donors (Lipinski definition) is 2. The second-order valence-electron chi connectivity index (χ2n) is 3.27. The summed E-state index contributed by atoms with van der Waals surface area (Å²) in [7, 11) is 1.66. The van der Waals surface area contributed by atoms with Crippen LogP contribution in [0.5, 0.6) is 17.2 Å². The van der Waals surface area contributed by atoms with Crippen LogP contribution < -0.4 is 14.8 Å². The molecule has 0 bridgehead atoms. The SMILES string of the molecule is CNCC(=O)c1c(O)c(Br)cc2c1OCO2. The maximum Gasteiger partial charge on any atom is 0.231 e. The minimum Gasteiger partial charge on any atom is -0.506 e. The van der Waals surface area contributed by atoms with E-state index in [-0.39, 0.29) is 30.4 Å². The Morgan fingerprint density at radius 2 is 2.38 bits per heavy atom. The summed E-state index contributed by atoms with van der Waals surface area (Å²) < 4.78 is 10.8. The summed E-state index contributed by atoms with van der Waals surface area (Å²) in [6.45, 7) is 0.185. The molecule has 1 aliphatic rings. The Hall–Kier alpha value is -1.27. The first-order valence-electron chi connectivity index (χ1n) is 4.64. The molecule has 1 heterocycles. The summed E-state index contributed by atoms with van der Waals surface area (Å²) in [5, 5.41) is 12.6. The van der Waals surface area contributed by atoms with E-state index < -0.39 is 0 Å². The van der Waals surface area contributed by atoms with Crippen LogP contribution in [-0.2, 0) is 0 Å². The lowest BCUT2D eigenvalue weighted by molar-refractivity contribution is 0.0986. The maximum atomic E-state index is 11.8. The summed E-state index contributed by atoms with van der Waals surface area (Å²) in [5.41, 5.74) is 0.149. The number of carbonyl (C=O) groups is 1. The van der Waals surface area contributed by atoms with E-state index in [0.29, 0.717) is 16.0 Å². The normalized spacial score (nSPS) is 12.9. The number of rotatable bonds is 3. The highest BCUT2D eigenvalue weighted by Gasteiger charge is 2.27. The number of Topliss-reactive ketones (excluding diaryl/α,β-unsaturated/α-hetero) is 1. The molecule has 16 heavy (non-hydrogen) atoms. The second-order valence-corrected chi connectivity index (χ2v) is 4.12. The van der Waals surface area contributed by atoms with Gasteiger partial charge in [0.2, 0.25) is 6.79 Å². The lowest BCUT2D eigenvalue weighted by Gasteiger charge is -2.08. The van der Waals surface area contributed by atoms with Crippen molar-refractivity contribution in [2.45, 2.75) is 0 Å². The highest BCUT2D eigenvalue weighted by atomic mass is 79.9. The van der Waals surface area contributed by atoms with Gasteiger partial charge in [-0.2, -0.15) is 0 Å². The van der Waals surface area contributed by atoms with E-state index in [1.807, 2.05) is 0 Å². The minimum absolute atomic E-state index is 0.0606. The molecule has 2 rings (SSSR count). The van der Waals surface area contributed by atoms with Gasteiger partial charge < -0.3 is 19.9 Å². The molecule has 0 saturated carbocycles. The van der Waals surface area contributed by atoms with Crippen molar-refractivity contribution in [1.29, 1.82) is 0 Å². The zero-order valence-electron chi connectivity index (χ0n) is 8.54. The van der Waals surface area contributed by atoms with E-state index in [9.17, 15) is 9.90 Å². The van der Waals surface area contributed by atoms with Crippen molar-refractivity contribution in [3.05, 3.63) is 16.1 Å². The third kappa shape index (κ3) is 1.74. The van der Waals surface area contributed by atoms with Crippen LogP contribution in [0.1, 0.15) is 10.4 Å². The molecular formula is C10H10BrNO4. The first-order valence-corrected chi connectivity index (χ1v) is 5.43. The number of aromatic hydroxyl groups is 1. The van der Waals surface area contributed by atoms with Crippen LogP contribution in [0.4, 0.5) is 0 Å². The van der Waals surface area contributed by atoms with E-state index in [2.05, 4.69) is 21.2 Å². The standard InChI is InChI=1S/C10H10BrNO4/c1-12-3-6(13)8-9(14)5(11)2-7-10(8)16-4-15-7/h2,12,14H,3-4H2,1H3. The number of halogens is 1. The van der Waals surface area contributed by atoms with Gasteiger partial charge >= 0.3 is 0 Å². The number of nitrogens with one attached hydrogen (secondary N) is 1. The van der Waals surface area contributed by atoms with Gasteiger partial charge in [-0.3, -0.25) is 4.79 Å². The predicted molar refractivity (Wildman–Crippen MR) is 60.2 cm³/mol. The van der Waals surface area contributed by atoms with E-state index in [0.717, 1.165) is 0 Å². The highest BCUT2D eigenvalue weighted by Crippen LogP contribution is 2.44. The van der Waals surface area contributed by atoms with E-state index >= 15 is 0 Å². The van der Waals surface area contributed by atoms with Crippen LogP contribution >= 0.6 is 15.9 Å². The number of hydrogen-bond acceptors (Lipinski definition) is 5. The molecule has 0 fully saturated rings. The summed E-state index contributed by atoms with van der Waals surface area (Å²) in [6, 6.07) is 1.58. The molecule has 1 aromatic rings. The molecule has 0 atom stereocenters. The van der Waals surface area contributed by atoms with Crippen LogP contribution in [0.3, 0.4) is 0 Å². The summed E-state index contributed by atoms with van der Waals surface area (Å²) in [5.74, 6) is 0.401. The quantitative estimate of drug-likeness (QED) is 0.820. The Morgan fingerprint density at radius 3 is 3.06 bits per heavy atom. The maximum absolute atomic E-state index is 11.8. The topological polar surface area (TPSA) is 67.8 Å². The monoisotopic (exact) mass is 287 g/mol. The number of benzene rings is 1. The van der Waals surface area contributed by atoms with Crippen LogP contribution in [0, 0.1) is 0 Å². The molecule has 0 amide bonds. The largest absolute Gasteiger partial charge is 0.506 e. The van der Waals surface area contributed by atoms with Gasteiger partial charge in [0.1, 0.15) is 11.3 Å². The molecule has 0 aromatic heterocycles. The van der Waals surface area contributed by atoms with Crippen LogP contribution in [0.15, 0.2) is 10.5 Å². The van der Waals surface area contributed by atoms with Gasteiger partial charge in [0.15, 0.2) is 17.3 Å². The summed E-state index contributed by atoms with van der Waals surface area (Å²) in [6.07, 6.45) is 0. The number of carbonyl (C=O) groups excluding carboxylic acids is 1. The first-order chi connectivity index (χ1) is 7.65. The molecule has 86 valence electrons. The first kappa shape index (κ1) is 11.2. The molecule has 0 aliphatic carbocycles. The molecule has 2 N–H and O–H groups in total. The smallest absolute Gasteiger partial charge is 0.231 e. The molecule has 0 radical (unpaired) electrons. The number of ether oxygens (including phenoxy) is 2. The van der Waals surface area contributed by atoms with Gasteiger partial charge in [-0.05, 0) is 23.0 Å². The van der Waals surface area contributed by atoms with Crippen molar-refractivity contribution in [1.82, 2.24) is 5.32 Å². The summed E-state index contributed by atoms with van der Waals surface area (Å²) in [4.78, 5) is 11.8. The fraction of sp³-hybridized carbons (Fsp3) is 0.300. The number of ketones is 1. The molecule has 0 spiro atoms. The third-order valence-corrected chi connectivity index (χ3v) is 2.81. The molecule has 6 heteroatoms. The zero-order chi connectivity index (χ0) is 11.7. The van der Waals surface area contributed by atoms with Crippen molar-refractivity contribution in [3.8, 4) is 17.2 Å².